The van der Waals surface area contributed by atoms with Crippen LogP contribution < -0.4 is 0 Å². The number of aryl methyl sites for hydroxylation is 1. The second-order valence-corrected chi connectivity index (χ2v) is 5.73. The Kier molecular flexibility index (Phi) is 4.68. The van der Waals surface area contributed by atoms with E-state index in [-0.39, 0.29) is 0 Å². The van der Waals surface area contributed by atoms with Gasteiger partial charge in [0.25, 0.3) is 0 Å². The lowest BCUT2D eigenvalue weighted by Gasteiger charge is -2.18. The van der Waals surface area contributed by atoms with E-state index in [1.807, 2.05) is 0 Å². The zero-order valence-corrected chi connectivity index (χ0v) is 13.1. The van der Waals surface area contributed by atoms with Crippen LogP contribution in [0.25, 0.3) is 11.0 Å². The van der Waals surface area contributed by atoms with E-state index in [1.54, 1.807) is 0 Å². The minimum atomic E-state index is 0.509. The van der Waals surface area contributed by atoms with Gasteiger partial charge in [0.15, 0.2) is 0 Å². The molecule has 0 unspecified atom stereocenters. The third-order valence-electron chi connectivity index (χ3n) is 3.35. The molecule has 0 radical (unpaired) electrons. The van der Waals surface area contributed by atoms with Crippen LogP contribution in [0.5, 0.6) is 0 Å². The zero-order valence-electron chi connectivity index (χ0n) is 10.8. The van der Waals surface area contributed by atoms with E-state index in [4.69, 9.17) is 16.6 Å². The molecule has 0 spiro atoms. The Labute approximate surface area is 121 Å². The summed E-state index contributed by atoms with van der Waals surface area (Å²) in [6, 6.07) is 6.80. The van der Waals surface area contributed by atoms with Gasteiger partial charge in [0.1, 0.15) is 5.82 Å². The Morgan fingerprint density at radius 3 is 2.67 bits per heavy atom. The van der Waals surface area contributed by atoms with Crippen LogP contribution >= 0.6 is 27.5 Å². The molecule has 1 aromatic carbocycles. The number of imidazole rings is 1. The molecule has 0 saturated carbocycles. The molecule has 0 atom stereocenters. The topological polar surface area (TPSA) is 17.8 Å². The van der Waals surface area contributed by atoms with Gasteiger partial charge < -0.3 is 4.57 Å². The summed E-state index contributed by atoms with van der Waals surface area (Å²) in [5, 5.41) is 0. The molecular formula is C14H18BrClN2. The van der Waals surface area contributed by atoms with Gasteiger partial charge in [0.2, 0.25) is 0 Å². The fraction of sp³-hybridized carbons (Fsp3) is 0.500. The summed E-state index contributed by atoms with van der Waals surface area (Å²) in [5.41, 5.74) is 2.27. The molecule has 2 nitrogen and oxygen atoms in total. The van der Waals surface area contributed by atoms with Crippen molar-refractivity contribution in [2.24, 2.45) is 0 Å². The molecule has 1 aromatic heterocycles. The lowest BCUT2D eigenvalue weighted by atomic mass is 10.1. The molecule has 0 aliphatic rings. The third kappa shape index (κ3) is 2.57. The molecule has 0 amide bonds. The van der Waals surface area contributed by atoms with Crippen molar-refractivity contribution >= 4 is 38.6 Å². The maximum absolute atomic E-state index is 5.90. The van der Waals surface area contributed by atoms with Gasteiger partial charge in [0, 0.05) is 22.8 Å². The number of hydrogen-bond donors (Lipinski definition) is 0. The number of halogens is 2. The lowest BCUT2D eigenvalue weighted by molar-refractivity contribution is 0.468. The molecule has 0 saturated heterocycles. The number of alkyl halides is 1. The van der Waals surface area contributed by atoms with Gasteiger partial charge in [-0.2, -0.15) is 0 Å². The highest BCUT2D eigenvalue weighted by Crippen LogP contribution is 2.27. The first-order chi connectivity index (χ1) is 8.71. The fourth-order valence-electron chi connectivity index (χ4n) is 2.44. The van der Waals surface area contributed by atoms with Crippen molar-refractivity contribution < 1.29 is 0 Å². The van der Waals surface area contributed by atoms with Crippen molar-refractivity contribution in [2.45, 2.75) is 39.2 Å². The van der Waals surface area contributed by atoms with Crippen LogP contribution in [-0.4, -0.2) is 15.4 Å². The summed E-state index contributed by atoms with van der Waals surface area (Å²) >= 11 is 9.40. The van der Waals surface area contributed by atoms with Crippen molar-refractivity contribution in [3.05, 3.63) is 28.5 Å². The van der Waals surface area contributed by atoms with Crippen LogP contribution in [-0.2, 0) is 6.42 Å². The molecule has 0 aliphatic heterocycles. The van der Waals surface area contributed by atoms with Gasteiger partial charge >= 0.3 is 0 Å². The molecule has 4 heteroatoms. The quantitative estimate of drug-likeness (QED) is 0.710. The van der Waals surface area contributed by atoms with Gasteiger partial charge in [0.05, 0.1) is 11.0 Å². The van der Waals surface area contributed by atoms with Crippen molar-refractivity contribution in [2.75, 3.05) is 5.88 Å². The predicted octanol–water partition coefficient (Wildman–Crippen LogP) is 4.94. The maximum Gasteiger partial charge on any atom is 0.111 e. The van der Waals surface area contributed by atoms with E-state index in [0.717, 1.165) is 35.1 Å². The first-order valence-corrected chi connectivity index (χ1v) is 7.76. The number of nitrogens with zero attached hydrogens (tertiary/aromatic N) is 2. The van der Waals surface area contributed by atoms with E-state index in [0.29, 0.717) is 11.9 Å². The monoisotopic (exact) mass is 328 g/mol. The van der Waals surface area contributed by atoms with E-state index in [9.17, 15) is 0 Å². The highest BCUT2D eigenvalue weighted by molar-refractivity contribution is 9.10. The molecule has 98 valence electrons. The Bertz CT molecular complexity index is 532. The number of aromatic nitrogens is 2. The molecule has 2 rings (SSSR count). The van der Waals surface area contributed by atoms with Crippen molar-refractivity contribution in [1.29, 1.82) is 0 Å². The highest BCUT2D eigenvalue weighted by atomic mass is 79.9. The van der Waals surface area contributed by atoms with Crippen molar-refractivity contribution in [3.8, 4) is 0 Å². The van der Waals surface area contributed by atoms with Gasteiger partial charge in [-0.05, 0) is 31.0 Å². The average molecular weight is 330 g/mol. The maximum atomic E-state index is 5.90. The lowest BCUT2D eigenvalue weighted by Crippen LogP contribution is -2.11. The molecule has 18 heavy (non-hydrogen) atoms. The third-order valence-corrected chi connectivity index (χ3v) is 4.03. The summed E-state index contributed by atoms with van der Waals surface area (Å²) in [5.74, 6) is 1.72. The van der Waals surface area contributed by atoms with Crippen LogP contribution in [0.4, 0.5) is 0 Å². The Hall–Kier alpha value is -0.540. The number of benzene rings is 1. The van der Waals surface area contributed by atoms with Gasteiger partial charge in [-0.1, -0.05) is 29.8 Å². The standard InChI is InChI=1S/C14H18BrClN2/c1-3-11(4-2)18-13-6-5-10(15)9-12(13)17-14(18)7-8-16/h5-6,9,11H,3-4,7-8H2,1-2H3. The van der Waals surface area contributed by atoms with Crippen LogP contribution in [0, 0.1) is 0 Å². The molecule has 0 fully saturated rings. The highest BCUT2D eigenvalue weighted by Gasteiger charge is 2.16. The average Bonchev–Trinajstić information content (AvgIpc) is 2.69. The number of fused-ring (bicyclic) bond motifs is 1. The largest absolute Gasteiger partial charge is 0.325 e. The zero-order chi connectivity index (χ0) is 13.1. The molecule has 0 aliphatic carbocycles. The molecule has 0 N–H and O–H groups in total. The van der Waals surface area contributed by atoms with Gasteiger partial charge in [-0.15, -0.1) is 11.6 Å². The molecular weight excluding hydrogens is 312 g/mol. The Morgan fingerprint density at radius 1 is 1.33 bits per heavy atom. The Balaban J connectivity index is 2.61. The number of hydrogen-bond acceptors (Lipinski definition) is 1. The summed E-state index contributed by atoms with van der Waals surface area (Å²) in [6.07, 6.45) is 3.06. The summed E-state index contributed by atoms with van der Waals surface area (Å²) in [6.45, 7) is 4.45. The number of rotatable bonds is 5. The van der Waals surface area contributed by atoms with Crippen LogP contribution in [0.1, 0.15) is 38.6 Å². The Morgan fingerprint density at radius 2 is 2.06 bits per heavy atom. The van der Waals surface area contributed by atoms with Crippen molar-refractivity contribution in [3.63, 3.8) is 0 Å². The second kappa shape index (κ2) is 6.07. The first kappa shape index (κ1) is 13.9. The molecule has 2 aromatic rings. The van der Waals surface area contributed by atoms with Crippen LogP contribution in [0.3, 0.4) is 0 Å². The molecule has 0 bridgehead atoms. The minimum Gasteiger partial charge on any atom is -0.325 e. The van der Waals surface area contributed by atoms with E-state index in [1.165, 1.54) is 5.52 Å². The van der Waals surface area contributed by atoms with Crippen molar-refractivity contribution in [1.82, 2.24) is 9.55 Å². The summed E-state index contributed by atoms with van der Waals surface area (Å²) < 4.78 is 3.44. The fourth-order valence-corrected chi connectivity index (χ4v) is 2.96. The smallest absolute Gasteiger partial charge is 0.111 e. The first-order valence-electron chi connectivity index (χ1n) is 6.43. The summed E-state index contributed by atoms with van der Waals surface area (Å²) in [7, 11) is 0. The van der Waals surface area contributed by atoms with Gasteiger partial charge in [-0.3, -0.25) is 0 Å². The predicted molar refractivity (Wildman–Crippen MR) is 81.5 cm³/mol. The van der Waals surface area contributed by atoms with E-state index >= 15 is 0 Å². The van der Waals surface area contributed by atoms with Crippen LogP contribution in [0.2, 0.25) is 0 Å². The second-order valence-electron chi connectivity index (χ2n) is 4.44. The summed E-state index contributed by atoms with van der Waals surface area (Å²) in [4.78, 5) is 4.73. The normalized spacial score (nSPS) is 11.6. The van der Waals surface area contributed by atoms with Crippen LogP contribution in [0.15, 0.2) is 22.7 Å². The van der Waals surface area contributed by atoms with Gasteiger partial charge in [-0.25, -0.2) is 4.98 Å². The SMILES string of the molecule is CCC(CC)n1c(CCCl)nc2cc(Br)ccc21. The van der Waals surface area contributed by atoms with E-state index < -0.39 is 0 Å². The molecule has 1 heterocycles. The van der Waals surface area contributed by atoms with E-state index in [2.05, 4.69) is 52.5 Å². The minimum absolute atomic E-state index is 0.509.